The summed E-state index contributed by atoms with van der Waals surface area (Å²) in [5.41, 5.74) is 4.05. The molecule has 1 aromatic heterocycles. The largest absolute Gasteiger partial charge is 0.465 e. The third kappa shape index (κ3) is 4.22. The second kappa shape index (κ2) is 8.69. The van der Waals surface area contributed by atoms with E-state index in [9.17, 15) is 4.79 Å². The van der Waals surface area contributed by atoms with E-state index < -0.39 is 0 Å². The zero-order valence-electron chi connectivity index (χ0n) is 16.0. The van der Waals surface area contributed by atoms with E-state index in [1.54, 1.807) is 12.1 Å². The van der Waals surface area contributed by atoms with Crippen LogP contribution in [0.1, 0.15) is 15.9 Å². The lowest BCUT2D eigenvalue weighted by molar-refractivity contribution is 0.0601. The molecule has 5 nitrogen and oxygen atoms in total. The van der Waals surface area contributed by atoms with E-state index in [0.717, 1.165) is 27.6 Å². The number of hydrogen-bond donors (Lipinski definition) is 1. The predicted molar refractivity (Wildman–Crippen MR) is 120 cm³/mol. The summed E-state index contributed by atoms with van der Waals surface area (Å²) in [4.78, 5) is 20.5. The van der Waals surface area contributed by atoms with Crippen molar-refractivity contribution in [3.63, 3.8) is 0 Å². The van der Waals surface area contributed by atoms with Gasteiger partial charge in [0.25, 0.3) is 0 Å². The molecule has 0 fully saturated rings. The zero-order chi connectivity index (χ0) is 21.1. The molecule has 0 radical (unpaired) electrons. The van der Waals surface area contributed by atoms with Crippen molar-refractivity contribution in [1.82, 2.24) is 9.97 Å². The van der Waals surface area contributed by atoms with Crippen LogP contribution in [0.15, 0.2) is 66.7 Å². The highest BCUT2D eigenvalue weighted by atomic mass is 35.5. The average Bonchev–Trinajstić information content (AvgIpc) is 2.77. The Bertz CT molecular complexity index is 1230. The first-order valence-corrected chi connectivity index (χ1v) is 9.94. The number of halogens is 2. The van der Waals surface area contributed by atoms with Crippen molar-refractivity contribution in [3.05, 3.63) is 88.2 Å². The van der Waals surface area contributed by atoms with Crippen molar-refractivity contribution in [3.8, 4) is 11.1 Å². The van der Waals surface area contributed by atoms with Gasteiger partial charge in [0.15, 0.2) is 0 Å². The monoisotopic (exact) mass is 437 g/mol. The van der Waals surface area contributed by atoms with Gasteiger partial charge in [-0.05, 0) is 52.6 Å². The molecule has 0 amide bonds. The Balaban J connectivity index is 1.57. The molecule has 0 aliphatic heterocycles. The average molecular weight is 438 g/mol. The normalized spacial score (nSPS) is 10.8. The van der Waals surface area contributed by atoms with Crippen LogP contribution in [0.5, 0.6) is 0 Å². The summed E-state index contributed by atoms with van der Waals surface area (Å²) >= 11 is 12.2. The summed E-state index contributed by atoms with van der Waals surface area (Å²) in [7, 11) is 1.38. The molecule has 1 N–H and O–H groups in total. The summed E-state index contributed by atoms with van der Waals surface area (Å²) in [6, 6.07) is 20.7. The molecular formula is C23H17Cl2N3O2. The number of rotatable bonds is 5. The van der Waals surface area contributed by atoms with Crippen LogP contribution in [0, 0.1) is 0 Å². The van der Waals surface area contributed by atoms with E-state index >= 15 is 0 Å². The van der Waals surface area contributed by atoms with Gasteiger partial charge in [-0.15, -0.1) is 0 Å². The van der Waals surface area contributed by atoms with Crippen LogP contribution in [-0.4, -0.2) is 23.0 Å². The number of nitrogens with zero attached hydrogens (tertiary/aromatic N) is 2. The second-order valence-electron chi connectivity index (χ2n) is 6.59. The quantitative estimate of drug-likeness (QED) is 0.306. The first-order valence-electron chi connectivity index (χ1n) is 9.18. The van der Waals surface area contributed by atoms with Crippen molar-refractivity contribution < 1.29 is 9.53 Å². The molecule has 30 heavy (non-hydrogen) atoms. The van der Waals surface area contributed by atoms with Crippen LogP contribution < -0.4 is 5.32 Å². The number of carbonyl (C=O) groups excluding carboxylic acids is 1. The molecule has 1 heterocycles. The molecule has 0 bridgehead atoms. The highest BCUT2D eigenvalue weighted by molar-refractivity contribution is 6.31. The lowest BCUT2D eigenvalue weighted by Gasteiger charge is -2.11. The lowest BCUT2D eigenvalue weighted by Crippen LogP contribution is -2.04. The van der Waals surface area contributed by atoms with Crippen molar-refractivity contribution in [1.29, 1.82) is 0 Å². The van der Waals surface area contributed by atoms with Crippen molar-refractivity contribution in [2.75, 3.05) is 12.4 Å². The molecule has 150 valence electrons. The standard InChI is InChI=1S/C23H17Cl2N3O2/c1-30-22(29)18-5-3-2-4-17(18)15-8-6-14(7-9-15)13-26-21-19-12-16(24)10-11-20(19)27-23(25)28-21/h2-12H,13H2,1H3,(H,26,27,28). The van der Waals surface area contributed by atoms with Gasteiger partial charge >= 0.3 is 5.97 Å². The van der Waals surface area contributed by atoms with Crippen molar-refractivity contribution in [2.24, 2.45) is 0 Å². The fraction of sp³-hybridized carbons (Fsp3) is 0.0870. The number of hydrogen-bond acceptors (Lipinski definition) is 5. The van der Waals surface area contributed by atoms with E-state index in [0.29, 0.717) is 22.9 Å². The van der Waals surface area contributed by atoms with Crippen LogP contribution >= 0.6 is 23.2 Å². The van der Waals surface area contributed by atoms with Gasteiger partial charge in [-0.2, -0.15) is 0 Å². The Kier molecular flexibility index (Phi) is 5.84. The van der Waals surface area contributed by atoms with E-state index in [4.69, 9.17) is 27.9 Å². The number of methoxy groups -OCH3 is 1. The Hall–Kier alpha value is -3.15. The van der Waals surface area contributed by atoms with E-state index in [1.165, 1.54) is 7.11 Å². The highest BCUT2D eigenvalue weighted by Gasteiger charge is 2.12. The molecule has 3 aromatic carbocycles. The summed E-state index contributed by atoms with van der Waals surface area (Å²) < 4.78 is 4.88. The number of ether oxygens (including phenoxy) is 1. The summed E-state index contributed by atoms with van der Waals surface area (Å²) in [6.07, 6.45) is 0. The minimum Gasteiger partial charge on any atom is -0.465 e. The third-order valence-electron chi connectivity index (χ3n) is 4.69. The van der Waals surface area contributed by atoms with Crippen molar-refractivity contribution in [2.45, 2.75) is 6.54 Å². The molecule has 0 spiro atoms. The lowest BCUT2D eigenvalue weighted by atomic mass is 9.98. The molecule has 4 rings (SSSR count). The number of fused-ring (bicyclic) bond motifs is 1. The fourth-order valence-electron chi connectivity index (χ4n) is 3.22. The minimum atomic E-state index is -0.359. The van der Waals surface area contributed by atoms with Gasteiger partial charge < -0.3 is 10.1 Å². The fourth-order valence-corrected chi connectivity index (χ4v) is 3.57. The minimum absolute atomic E-state index is 0.169. The number of anilines is 1. The third-order valence-corrected chi connectivity index (χ3v) is 5.09. The molecule has 0 saturated carbocycles. The van der Waals surface area contributed by atoms with Gasteiger partial charge in [-0.25, -0.2) is 14.8 Å². The summed E-state index contributed by atoms with van der Waals surface area (Å²) in [5, 5.41) is 4.87. The van der Waals surface area contributed by atoms with Gasteiger partial charge in [-0.1, -0.05) is 54.1 Å². The van der Waals surface area contributed by atoms with Crippen LogP contribution in [0.25, 0.3) is 22.0 Å². The number of nitrogens with one attached hydrogen (secondary N) is 1. The van der Waals surface area contributed by atoms with Crippen LogP contribution in [0.2, 0.25) is 10.3 Å². The Morgan fingerprint density at radius 3 is 2.53 bits per heavy atom. The molecule has 0 atom stereocenters. The SMILES string of the molecule is COC(=O)c1ccccc1-c1ccc(CNc2nc(Cl)nc3ccc(Cl)cc23)cc1. The topological polar surface area (TPSA) is 64.1 Å². The molecular weight excluding hydrogens is 421 g/mol. The van der Waals surface area contributed by atoms with E-state index in [2.05, 4.69) is 15.3 Å². The second-order valence-corrected chi connectivity index (χ2v) is 7.36. The first-order chi connectivity index (χ1) is 14.5. The number of carbonyl (C=O) groups is 1. The van der Waals surface area contributed by atoms with Gasteiger partial charge in [-0.3, -0.25) is 0 Å². The molecule has 0 aliphatic carbocycles. The molecule has 0 unspecified atom stereocenters. The molecule has 0 aliphatic rings. The van der Waals surface area contributed by atoms with E-state index in [-0.39, 0.29) is 11.3 Å². The Morgan fingerprint density at radius 2 is 1.77 bits per heavy atom. The number of aromatic nitrogens is 2. The smallest absolute Gasteiger partial charge is 0.338 e. The van der Waals surface area contributed by atoms with Gasteiger partial charge in [0.05, 0.1) is 18.2 Å². The van der Waals surface area contributed by atoms with Crippen molar-refractivity contribution >= 4 is 45.9 Å². The van der Waals surface area contributed by atoms with E-state index in [1.807, 2.05) is 54.6 Å². The van der Waals surface area contributed by atoms with Gasteiger partial charge in [0.1, 0.15) is 5.82 Å². The van der Waals surface area contributed by atoms with Crippen LogP contribution in [0.3, 0.4) is 0 Å². The highest BCUT2D eigenvalue weighted by Crippen LogP contribution is 2.27. The number of benzene rings is 3. The number of esters is 1. The molecule has 0 saturated heterocycles. The maximum absolute atomic E-state index is 12.0. The summed E-state index contributed by atoms with van der Waals surface area (Å²) in [6.45, 7) is 0.536. The maximum atomic E-state index is 12.0. The van der Waals surface area contributed by atoms with Gasteiger partial charge in [0.2, 0.25) is 5.28 Å². The first kappa shape index (κ1) is 20.1. The van der Waals surface area contributed by atoms with Crippen LogP contribution in [-0.2, 0) is 11.3 Å². The van der Waals surface area contributed by atoms with Gasteiger partial charge in [0, 0.05) is 17.0 Å². The zero-order valence-corrected chi connectivity index (χ0v) is 17.5. The Morgan fingerprint density at radius 1 is 1.00 bits per heavy atom. The predicted octanol–water partition coefficient (Wildman–Crippen LogP) is 6.00. The summed E-state index contributed by atoms with van der Waals surface area (Å²) in [5.74, 6) is 0.259. The molecule has 4 aromatic rings. The van der Waals surface area contributed by atoms with Crippen LogP contribution in [0.4, 0.5) is 5.82 Å². The Labute approximate surface area is 183 Å². The maximum Gasteiger partial charge on any atom is 0.338 e. The molecule has 7 heteroatoms.